The van der Waals surface area contributed by atoms with Crippen LogP contribution in [0.5, 0.6) is 0 Å². The van der Waals surface area contributed by atoms with Crippen molar-refractivity contribution in [3.8, 4) is 0 Å². The molecule has 0 fully saturated rings. The minimum absolute atomic E-state index is 0.623. The Kier molecular flexibility index (Phi) is 131. The summed E-state index contributed by atoms with van der Waals surface area (Å²) in [5.41, 5.74) is 9.95. The Hall–Kier alpha value is -9.08. The van der Waals surface area contributed by atoms with Crippen LogP contribution in [0.25, 0.3) is 0 Å². The Morgan fingerprint density at radius 1 is 0.408 bits per heavy atom. The number of rotatable bonds is 0. The molecule has 0 aliphatic carbocycles. The zero-order valence-electron chi connectivity index (χ0n) is 71.0. The van der Waals surface area contributed by atoms with Crippen molar-refractivity contribution in [2.24, 2.45) is 0 Å². The quantitative estimate of drug-likeness (QED) is 0.0821. The van der Waals surface area contributed by atoms with Crippen molar-refractivity contribution in [2.45, 2.75) is 263 Å². The zero-order chi connectivity index (χ0) is 82.1. The number of H-pyrrole nitrogens is 6. The first-order valence-corrected chi connectivity index (χ1v) is 38.2. The number of hydrogen-bond acceptors (Lipinski definition) is 21. The van der Waals surface area contributed by atoms with E-state index in [-0.39, 0.29) is 0 Å². The van der Waals surface area contributed by atoms with E-state index in [0.29, 0.717) is 11.8 Å². The molecule has 0 unspecified atom stereocenters. The molecule has 13 aromatic rings. The normalized spacial score (nSPS) is 7.51. The van der Waals surface area contributed by atoms with Gasteiger partial charge in [-0.15, -0.1) is 10.2 Å². The molecule has 0 aromatic carbocycles. The van der Waals surface area contributed by atoms with Gasteiger partial charge in [0.05, 0.1) is 42.6 Å². The van der Waals surface area contributed by atoms with Crippen LogP contribution in [0.3, 0.4) is 0 Å². The van der Waals surface area contributed by atoms with Crippen LogP contribution in [-0.4, -0.2) is 99.3 Å². The van der Waals surface area contributed by atoms with E-state index in [0.717, 1.165) is 51.3 Å². The third-order valence-corrected chi connectivity index (χ3v) is 9.83. The van der Waals surface area contributed by atoms with E-state index in [1.807, 2.05) is 297 Å². The Bertz CT molecular complexity index is 2370. The van der Waals surface area contributed by atoms with Gasteiger partial charge in [-0.25, -0.2) is 23.7 Å². The van der Waals surface area contributed by atoms with Gasteiger partial charge in [-0.05, 0) is 153 Å². The Morgan fingerprint density at radius 2 is 0.922 bits per heavy atom. The predicted octanol–water partition coefficient (Wildman–Crippen LogP) is 24.6. The van der Waals surface area contributed by atoms with E-state index in [4.69, 9.17) is 4.42 Å². The van der Waals surface area contributed by atoms with Crippen LogP contribution < -0.4 is 0 Å². The molecule has 0 saturated heterocycles. The molecule has 0 aliphatic heterocycles. The van der Waals surface area contributed by atoms with Gasteiger partial charge in [0.2, 0.25) is 11.8 Å². The molecule has 27 heteroatoms. The van der Waals surface area contributed by atoms with E-state index >= 15 is 0 Å². The molecule has 0 amide bonds. The van der Waals surface area contributed by atoms with Gasteiger partial charge in [-0.1, -0.05) is 182 Å². The topological polar surface area (TPSA) is 328 Å². The summed E-state index contributed by atoms with van der Waals surface area (Å²) in [5, 5.41) is 40.9. The molecule has 0 aliphatic rings. The maximum absolute atomic E-state index is 4.86. The summed E-state index contributed by atoms with van der Waals surface area (Å²) in [6.07, 6.45) is 27.6. The molecule has 13 rings (SSSR count). The minimum Gasteiger partial charge on any atom is -0.426 e. The van der Waals surface area contributed by atoms with Crippen molar-refractivity contribution in [3.05, 3.63) is 226 Å². The molecule has 0 saturated carbocycles. The number of nitrogens with zero attached hydrogens (tertiary/aromatic N) is 14. The molecule has 13 heterocycles. The maximum Gasteiger partial charge on any atom is 0.213 e. The highest BCUT2D eigenvalue weighted by molar-refractivity contribution is 7.05. The van der Waals surface area contributed by atoms with E-state index in [1.165, 1.54) is 50.6 Å². The van der Waals surface area contributed by atoms with Crippen LogP contribution >= 0.6 is 34.6 Å². The third-order valence-electron chi connectivity index (χ3n) is 7.83. The second-order valence-electron chi connectivity index (χ2n) is 15.7. The highest BCUT2D eigenvalue weighted by Gasteiger charge is 1.90. The Labute approximate surface area is 637 Å². The number of imidazole rings is 3. The van der Waals surface area contributed by atoms with E-state index in [1.54, 1.807) is 113 Å². The van der Waals surface area contributed by atoms with Crippen LogP contribution in [0, 0.1) is 96.9 Å². The van der Waals surface area contributed by atoms with E-state index in [2.05, 4.69) is 113 Å². The number of nitrogens with one attached hydrogen (secondary N) is 6. The van der Waals surface area contributed by atoms with Gasteiger partial charge in [0.1, 0.15) is 24.1 Å². The van der Waals surface area contributed by atoms with Crippen LogP contribution in [0.2, 0.25) is 0 Å². The molecule has 0 bridgehead atoms. The standard InChI is InChI=1S/C4H6N2O.6C4H6N2.3C4H5NO.3C4H5NS.12C2H6/c1-3-5-6-4(2)7-3;2*1-4-2-5-3-6-4;1-4-2-5-6-3-4;1-4-5-2-3-6-4;2*1-4-2-3-5-6-4;1-4-2-5-6-3-4;1-4-2-3-6-5-4;1-4-2-3-5-6-4;1-4-2-5-6-3-4;1-4-2-3-6-5-4;1-4-2-3-5-6-4;12*1-2/h1-2H3;6*2-3H,1H3,(H,5,6);6*2-3H,1H3;12*1-2H3. The molecule has 24 nitrogen and oxygen atoms in total. The second-order valence-corrected chi connectivity index (χ2v) is 18.0. The van der Waals surface area contributed by atoms with E-state index < -0.39 is 0 Å². The molecule has 0 atom stereocenters. The fourth-order valence-corrected chi connectivity index (χ4v) is 5.45. The van der Waals surface area contributed by atoms with Crippen molar-refractivity contribution >= 4 is 34.6 Å². The average Bonchev–Trinajstić information content (AvgIpc) is 1.92. The fourth-order valence-electron chi connectivity index (χ4n) is 3.98. The number of hydrogen-bond donors (Lipinski definition) is 6. The van der Waals surface area contributed by atoms with Crippen molar-refractivity contribution in [2.75, 3.05) is 0 Å². The second kappa shape index (κ2) is 111. The first-order valence-electron chi connectivity index (χ1n) is 35.7. The van der Waals surface area contributed by atoms with Gasteiger partial charge in [0.15, 0.2) is 0 Å². The van der Waals surface area contributed by atoms with Crippen molar-refractivity contribution in [1.82, 2.24) is 99.3 Å². The zero-order valence-corrected chi connectivity index (χ0v) is 73.4. The molecule has 0 radical (unpaired) electrons. The molecule has 6 N–H and O–H groups in total. The first-order chi connectivity index (χ1) is 50.0. The largest absolute Gasteiger partial charge is 0.426 e. The summed E-state index contributed by atoms with van der Waals surface area (Å²) in [5.74, 6) is 3.07. The lowest BCUT2D eigenvalue weighted by atomic mass is 10.4. The van der Waals surface area contributed by atoms with Crippen LogP contribution in [-0.2, 0) is 0 Å². The van der Waals surface area contributed by atoms with Crippen LogP contribution in [0.15, 0.2) is 165 Å². The smallest absolute Gasteiger partial charge is 0.213 e. The Morgan fingerprint density at radius 3 is 1.03 bits per heavy atom. The van der Waals surface area contributed by atoms with Gasteiger partial charge < -0.3 is 32.9 Å². The molecule has 590 valence electrons. The van der Waals surface area contributed by atoms with Crippen LogP contribution in [0.4, 0.5) is 0 Å². The van der Waals surface area contributed by atoms with Crippen molar-refractivity contribution in [1.29, 1.82) is 0 Å². The van der Waals surface area contributed by atoms with Gasteiger partial charge in [0.25, 0.3) is 0 Å². The number of aryl methyl sites for hydroxylation is 14. The Balaban J connectivity index is -0.0000000850. The minimum atomic E-state index is 0.623. The number of aromatic amines is 6. The highest BCUT2D eigenvalue weighted by Crippen LogP contribution is 1.99. The molecule has 103 heavy (non-hydrogen) atoms. The van der Waals surface area contributed by atoms with Crippen molar-refractivity contribution < 1.29 is 18.0 Å². The number of aromatic nitrogens is 20. The monoisotopic (exact) mass is 1500 g/mol. The summed E-state index contributed by atoms with van der Waals surface area (Å²) >= 11 is 4.51. The summed E-state index contributed by atoms with van der Waals surface area (Å²) in [6.45, 7) is 75.0. The molecular weight excluding hydrogens is 1350 g/mol. The highest BCUT2D eigenvalue weighted by atomic mass is 32.1. The summed E-state index contributed by atoms with van der Waals surface area (Å²) in [7, 11) is 0. The van der Waals surface area contributed by atoms with Gasteiger partial charge in [-0.2, -0.15) is 19.7 Å². The summed E-state index contributed by atoms with van der Waals surface area (Å²) < 4.78 is 30.1. The van der Waals surface area contributed by atoms with Gasteiger partial charge in [-0.3, -0.25) is 15.3 Å². The van der Waals surface area contributed by atoms with E-state index in [9.17, 15) is 0 Å². The fraction of sp³-hybridized carbons (Fsp3) is 0.500. The summed E-state index contributed by atoms with van der Waals surface area (Å²) in [4.78, 5) is 21.3. The average molecular weight is 1500 g/mol. The SMILES string of the molecule is CC.CC.CC.CC.CC.CC.CC.CC.CC.CC.CC.CC.Cc1ccn[nH]1.Cc1ccn[nH]1.Cc1ccno1.Cc1ccns1.Cc1ccon1.Cc1ccsn1.Cc1cn[nH]c1.Cc1cnc[nH]1.Cc1cnc[nH]1.Cc1cnoc1.Cc1cnsc1.Cc1ncc[nH]1.Cc1nnc(C)o1. The summed E-state index contributed by atoms with van der Waals surface area (Å²) in [6, 6.07) is 11.4. The third kappa shape index (κ3) is 109. The lowest BCUT2D eigenvalue weighted by Crippen LogP contribution is -1.68. The molecular formula is C76H144N20O4S3. The predicted molar refractivity (Wildman–Crippen MR) is 444 cm³/mol. The maximum atomic E-state index is 4.86. The molecule has 13 aromatic heterocycles. The van der Waals surface area contributed by atoms with Crippen LogP contribution in [0.1, 0.15) is 245 Å². The van der Waals surface area contributed by atoms with Gasteiger partial charge >= 0.3 is 0 Å². The van der Waals surface area contributed by atoms with Crippen molar-refractivity contribution in [3.63, 3.8) is 0 Å². The lowest BCUT2D eigenvalue weighted by Gasteiger charge is -1.70. The van der Waals surface area contributed by atoms with Gasteiger partial charge in [0, 0.05) is 126 Å². The lowest BCUT2D eigenvalue weighted by molar-refractivity contribution is 0.397. The first kappa shape index (κ1) is 121. The molecule has 0 spiro atoms.